The van der Waals surface area contributed by atoms with E-state index in [1.807, 2.05) is 6.07 Å². The van der Waals surface area contributed by atoms with Crippen molar-refractivity contribution in [2.75, 3.05) is 5.32 Å². The van der Waals surface area contributed by atoms with Gasteiger partial charge >= 0.3 is 5.97 Å². The number of anilines is 1. The van der Waals surface area contributed by atoms with Gasteiger partial charge in [0.15, 0.2) is 6.10 Å². The standard InChI is InChI=1S/C16H15NO4/c1-11(15(19)17-13-5-3-2-4-6-13)21-16(20)12-7-9-14(18)10-8-12/h2-11,18H,1H3,(H,17,19). The summed E-state index contributed by atoms with van der Waals surface area (Å²) in [6.45, 7) is 1.50. The van der Waals surface area contributed by atoms with E-state index in [1.54, 1.807) is 24.3 Å². The number of ether oxygens (including phenoxy) is 1. The van der Waals surface area contributed by atoms with Crippen LogP contribution in [0.5, 0.6) is 5.75 Å². The third-order valence-corrected chi connectivity index (χ3v) is 2.80. The number of carbonyl (C=O) groups excluding carboxylic acids is 2. The van der Waals surface area contributed by atoms with Crippen LogP contribution in [0.15, 0.2) is 54.6 Å². The molecular weight excluding hydrogens is 270 g/mol. The van der Waals surface area contributed by atoms with Crippen molar-refractivity contribution >= 4 is 17.6 Å². The molecule has 1 amide bonds. The lowest BCUT2D eigenvalue weighted by molar-refractivity contribution is -0.123. The normalized spacial score (nSPS) is 11.5. The molecule has 0 spiro atoms. The third-order valence-electron chi connectivity index (χ3n) is 2.80. The topological polar surface area (TPSA) is 75.6 Å². The summed E-state index contributed by atoms with van der Waals surface area (Å²) in [5, 5.41) is 11.8. The minimum absolute atomic E-state index is 0.0569. The molecule has 5 nitrogen and oxygen atoms in total. The summed E-state index contributed by atoms with van der Waals surface area (Å²) in [4.78, 5) is 23.7. The number of aromatic hydroxyl groups is 1. The Hall–Kier alpha value is -2.82. The Morgan fingerprint density at radius 2 is 1.67 bits per heavy atom. The van der Waals surface area contributed by atoms with E-state index in [1.165, 1.54) is 31.2 Å². The molecule has 0 aliphatic carbocycles. The summed E-state index contributed by atoms with van der Waals surface area (Å²) in [5.41, 5.74) is 0.905. The number of hydrogen-bond acceptors (Lipinski definition) is 4. The van der Waals surface area contributed by atoms with Crippen molar-refractivity contribution < 1.29 is 19.4 Å². The second kappa shape index (κ2) is 6.56. The molecule has 0 bridgehead atoms. The second-order valence-corrected chi connectivity index (χ2v) is 4.45. The highest BCUT2D eigenvalue weighted by atomic mass is 16.5. The van der Waals surface area contributed by atoms with Crippen molar-refractivity contribution in [3.63, 3.8) is 0 Å². The molecular formula is C16H15NO4. The highest BCUT2D eigenvalue weighted by Crippen LogP contribution is 2.12. The molecule has 0 saturated heterocycles. The first-order valence-corrected chi connectivity index (χ1v) is 6.42. The van der Waals surface area contributed by atoms with E-state index in [-0.39, 0.29) is 11.3 Å². The van der Waals surface area contributed by atoms with Crippen molar-refractivity contribution in [1.29, 1.82) is 0 Å². The Morgan fingerprint density at radius 3 is 2.29 bits per heavy atom. The number of esters is 1. The Labute approximate surface area is 122 Å². The van der Waals surface area contributed by atoms with Gasteiger partial charge in [-0.1, -0.05) is 18.2 Å². The first kappa shape index (κ1) is 14.6. The largest absolute Gasteiger partial charge is 0.508 e. The number of benzene rings is 2. The number of phenolic OH excluding ortho intramolecular Hbond substituents is 1. The Bertz CT molecular complexity index is 622. The zero-order chi connectivity index (χ0) is 15.2. The third kappa shape index (κ3) is 4.07. The molecule has 0 heterocycles. The van der Waals surface area contributed by atoms with Gasteiger partial charge in [-0.15, -0.1) is 0 Å². The van der Waals surface area contributed by atoms with Gasteiger partial charge in [0.2, 0.25) is 0 Å². The minimum Gasteiger partial charge on any atom is -0.508 e. The van der Waals surface area contributed by atoms with Gasteiger partial charge in [-0.25, -0.2) is 4.79 Å². The smallest absolute Gasteiger partial charge is 0.338 e. The monoisotopic (exact) mass is 285 g/mol. The molecule has 1 unspecified atom stereocenters. The SMILES string of the molecule is CC(OC(=O)c1ccc(O)cc1)C(=O)Nc1ccccc1. The van der Waals surface area contributed by atoms with Crippen LogP contribution >= 0.6 is 0 Å². The maximum Gasteiger partial charge on any atom is 0.338 e. The second-order valence-electron chi connectivity index (χ2n) is 4.45. The molecule has 2 rings (SSSR count). The number of hydrogen-bond donors (Lipinski definition) is 2. The molecule has 108 valence electrons. The fourth-order valence-corrected chi connectivity index (χ4v) is 1.65. The molecule has 0 aliphatic rings. The summed E-state index contributed by atoms with van der Waals surface area (Å²) in [5.74, 6) is -0.972. The van der Waals surface area contributed by atoms with Crippen molar-refractivity contribution in [1.82, 2.24) is 0 Å². The van der Waals surface area contributed by atoms with Crippen LogP contribution in [0.4, 0.5) is 5.69 Å². The quantitative estimate of drug-likeness (QED) is 0.847. The molecule has 0 aromatic heterocycles. The van der Waals surface area contributed by atoms with Crippen molar-refractivity contribution in [3.05, 3.63) is 60.2 Å². The lowest BCUT2D eigenvalue weighted by Gasteiger charge is -2.13. The summed E-state index contributed by atoms with van der Waals surface area (Å²) < 4.78 is 5.08. The Balaban J connectivity index is 1.94. The lowest BCUT2D eigenvalue weighted by atomic mass is 10.2. The number of amides is 1. The van der Waals surface area contributed by atoms with Crippen LogP contribution in [0.2, 0.25) is 0 Å². The van der Waals surface area contributed by atoms with Gasteiger partial charge in [0.1, 0.15) is 5.75 Å². The molecule has 2 N–H and O–H groups in total. The molecule has 21 heavy (non-hydrogen) atoms. The fraction of sp³-hybridized carbons (Fsp3) is 0.125. The van der Waals surface area contributed by atoms with Crippen molar-refractivity contribution in [2.24, 2.45) is 0 Å². The minimum atomic E-state index is -0.925. The van der Waals surface area contributed by atoms with Crippen LogP contribution in [0.3, 0.4) is 0 Å². The van der Waals surface area contributed by atoms with Crippen LogP contribution in [-0.4, -0.2) is 23.1 Å². The van der Waals surface area contributed by atoms with Gasteiger partial charge in [-0.3, -0.25) is 4.79 Å². The lowest BCUT2D eigenvalue weighted by Crippen LogP contribution is -2.29. The highest BCUT2D eigenvalue weighted by Gasteiger charge is 2.18. The molecule has 2 aromatic carbocycles. The van der Waals surface area contributed by atoms with Gasteiger partial charge in [-0.2, -0.15) is 0 Å². The number of phenols is 1. The van der Waals surface area contributed by atoms with Crippen LogP contribution in [0, 0.1) is 0 Å². The zero-order valence-corrected chi connectivity index (χ0v) is 11.4. The van der Waals surface area contributed by atoms with Gasteiger partial charge < -0.3 is 15.2 Å². The molecule has 1 atom stereocenters. The van der Waals surface area contributed by atoms with Gasteiger partial charge in [0.05, 0.1) is 5.56 Å². The maximum absolute atomic E-state index is 11.9. The number of rotatable bonds is 4. The van der Waals surface area contributed by atoms with E-state index in [0.717, 1.165) is 0 Å². The van der Waals surface area contributed by atoms with Crippen LogP contribution < -0.4 is 5.32 Å². The van der Waals surface area contributed by atoms with Crippen molar-refractivity contribution in [3.8, 4) is 5.75 Å². The first-order chi connectivity index (χ1) is 10.1. The van der Waals surface area contributed by atoms with Gasteiger partial charge in [-0.05, 0) is 43.3 Å². The van der Waals surface area contributed by atoms with Crippen LogP contribution in [0.1, 0.15) is 17.3 Å². The van der Waals surface area contributed by atoms with E-state index >= 15 is 0 Å². The molecule has 5 heteroatoms. The van der Waals surface area contributed by atoms with Crippen LogP contribution in [0.25, 0.3) is 0 Å². The van der Waals surface area contributed by atoms with E-state index in [2.05, 4.69) is 5.32 Å². The van der Waals surface area contributed by atoms with Crippen LogP contribution in [-0.2, 0) is 9.53 Å². The Morgan fingerprint density at radius 1 is 1.05 bits per heavy atom. The summed E-state index contributed by atoms with van der Waals surface area (Å²) in [6.07, 6.45) is -0.925. The zero-order valence-electron chi connectivity index (χ0n) is 11.4. The first-order valence-electron chi connectivity index (χ1n) is 6.42. The summed E-state index contributed by atoms with van der Waals surface area (Å²) in [6, 6.07) is 14.5. The molecule has 0 saturated carbocycles. The van der Waals surface area contributed by atoms with Crippen molar-refractivity contribution in [2.45, 2.75) is 13.0 Å². The fourth-order valence-electron chi connectivity index (χ4n) is 1.65. The predicted molar refractivity (Wildman–Crippen MR) is 78.1 cm³/mol. The Kier molecular flexibility index (Phi) is 4.56. The van der Waals surface area contributed by atoms with E-state index in [4.69, 9.17) is 9.84 Å². The van der Waals surface area contributed by atoms with E-state index in [9.17, 15) is 9.59 Å². The predicted octanol–water partition coefficient (Wildman–Crippen LogP) is 2.58. The molecule has 0 fully saturated rings. The number of para-hydroxylation sites is 1. The molecule has 2 aromatic rings. The summed E-state index contributed by atoms with van der Waals surface area (Å²) in [7, 11) is 0. The molecule has 0 aliphatic heterocycles. The van der Waals surface area contributed by atoms with Gasteiger partial charge in [0.25, 0.3) is 5.91 Å². The highest BCUT2D eigenvalue weighted by molar-refractivity contribution is 5.97. The number of carbonyl (C=O) groups is 2. The summed E-state index contributed by atoms with van der Waals surface area (Å²) >= 11 is 0. The maximum atomic E-state index is 11.9. The number of nitrogens with one attached hydrogen (secondary N) is 1. The molecule has 0 radical (unpaired) electrons. The average Bonchev–Trinajstić information content (AvgIpc) is 2.48. The van der Waals surface area contributed by atoms with Gasteiger partial charge in [0, 0.05) is 5.69 Å². The van der Waals surface area contributed by atoms with E-state index < -0.39 is 18.0 Å². The van der Waals surface area contributed by atoms with E-state index in [0.29, 0.717) is 5.69 Å². The average molecular weight is 285 g/mol.